The Hall–Kier alpha value is -2.90. The van der Waals surface area contributed by atoms with Gasteiger partial charge in [-0.1, -0.05) is 82.1 Å². The molecule has 0 aromatic carbocycles. The number of hydrogen-bond donors (Lipinski definition) is 4. The van der Waals surface area contributed by atoms with Crippen LogP contribution >= 0.6 is 0 Å². The van der Waals surface area contributed by atoms with E-state index in [4.69, 9.17) is 18.9 Å². The molecule has 0 saturated heterocycles. The smallest absolute Gasteiger partial charge is 0.407 e. The molecule has 14 heteroatoms. The highest BCUT2D eigenvalue weighted by atomic mass is 19.3. The molecule has 2 fully saturated rings. The van der Waals surface area contributed by atoms with E-state index in [9.17, 15) is 28.0 Å². The van der Waals surface area contributed by atoms with Gasteiger partial charge in [-0.25, -0.2) is 14.4 Å². The van der Waals surface area contributed by atoms with Gasteiger partial charge in [-0.2, -0.15) is 8.78 Å². The van der Waals surface area contributed by atoms with Crippen LogP contribution in [0.2, 0.25) is 0 Å². The van der Waals surface area contributed by atoms with E-state index in [0.717, 1.165) is 44.9 Å². The standard InChI is InChI=1S/C39H70F2N4O8/c1-11-13-15-50-32(47)42-24-37(9)19-29(17-35(5,6)22-37)44-31(46)28(4)27(3)21-53-39(40,41)26-52-34(49)45-30-18-36(7,8)23-38(10,20-30)25-43-33(48)51-16-14-12-2/h27-30H,11-26H2,1-10H3,(H,42,47)(H,43,48)(H,44,46)(H,45,49). The van der Waals surface area contributed by atoms with Gasteiger partial charge in [0.2, 0.25) is 5.91 Å². The van der Waals surface area contributed by atoms with E-state index in [2.05, 4.69) is 55.9 Å². The fourth-order valence-corrected chi connectivity index (χ4v) is 8.42. The van der Waals surface area contributed by atoms with Crippen molar-refractivity contribution in [3.8, 4) is 0 Å². The first-order chi connectivity index (χ1) is 24.5. The fourth-order valence-electron chi connectivity index (χ4n) is 8.42. The maximum Gasteiger partial charge on any atom is 0.407 e. The quantitative estimate of drug-likeness (QED) is 0.0765. The fraction of sp³-hybridized carbons (Fsp3) is 0.897. The second-order valence-corrected chi connectivity index (χ2v) is 18.1. The summed E-state index contributed by atoms with van der Waals surface area (Å²) in [4.78, 5) is 50.2. The minimum Gasteiger partial charge on any atom is -0.450 e. The summed E-state index contributed by atoms with van der Waals surface area (Å²) in [6.45, 7) is 19.7. The summed E-state index contributed by atoms with van der Waals surface area (Å²) in [5.74, 6) is -1.45. The summed E-state index contributed by atoms with van der Waals surface area (Å²) in [5.41, 5.74) is -0.913. The molecule has 4 N–H and O–H groups in total. The minimum absolute atomic E-state index is 0.0987. The van der Waals surface area contributed by atoms with Crippen molar-refractivity contribution < 1.29 is 46.9 Å². The van der Waals surface area contributed by atoms with Gasteiger partial charge in [-0.05, 0) is 78.9 Å². The average Bonchev–Trinajstić information content (AvgIpc) is 3.02. The summed E-state index contributed by atoms with van der Waals surface area (Å²) in [7, 11) is 0. The normalized spacial score (nSPS) is 26.3. The first-order valence-corrected chi connectivity index (χ1v) is 19.6. The minimum atomic E-state index is -3.76. The largest absolute Gasteiger partial charge is 0.450 e. The van der Waals surface area contributed by atoms with Crippen molar-refractivity contribution in [3.63, 3.8) is 0 Å². The van der Waals surface area contributed by atoms with Gasteiger partial charge < -0.3 is 40.2 Å². The van der Waals surface area contributed by atoms with E-state index in [1.54, 1.807) is 13.8 Å². The second-order valence-electron chi connectivity index (χ2n) is 18.1. The SMILES string of the molecule is CCCCOC(=O)NCC1(C)CC(NC(=O)OCC(F)(F)OCC(C)C(C)C(=O)NC2CC(C)(C)CC(C)(CNC(=O)OCCCC)C2)CC(C)(C)C1. The zero-order chi connectivity index (χ0) is 40.1. The van der Waals surface area contributed by atoms with Gasteiger partial charge in [0.05, 0.1) is 19.8 Å². The number of unbranched alkanes of at least 4 members (excludes halogenated alkanes) is 2. The van der Waals surface area contributed by atoms with Crippen LogP contribution in [0, 0.1) is 33.5 Å². The molecule has 0 aromatic rings. The average molecular weight is 761 g/mol. The number of carbonyl (C=O) groups is 4. The van der Waals surface area contributed by atoms with Gasteiger partial charge in [0.1, 0.15) is 0 Å². The molecule has 0 aromatic heterocycles. The summed E-state index contributed by atoms with van der Waals surface area (Å²) in [6, 6.07) is -0.506. The second kappa shape index (κ2) is 20.1. The highest BCUT2D eigenvalue weighted by molar-refractivity contribution is 5.79. The number of alkyl carbamates (subject to hydrolysis) is 3. The lowest BCUT2D eigenvalue weighted by atomic mass is 9.62. The number of carbonyl (C=O) groups excluding carboxylic acids is 4. The molecule has 0 spiro atoms. The van der Waals surface area contributed by atoms with Crippen LogP contribution in [0.1, 0.15) is 133 Å². The Bertz CT molecular complexity index is 1200. The van der Waals surface area contributed by atoms with E-state index < -0.39 is 49.4 Å². The Morgan fingerprint density at radius 1 is 0.698 bits per heavy atom. The number of rotatable bonds is 19. The molecule has 2 saturated carbocycles. The predicted octanol–water partition coefficient (Wildman–Crippen LogP) is 7.93. The van der Waals surface area contributed by atoms with Gasteiger partial charge >= 0.3 is 24.4 Å². The Morgan fingerprint density at radius 2 is 1.15 bits per heavy atom. The van der Waals surface area contributed by atoms with Crippen molar-refractivity contribution in [2.24, 2.45) is 33.5 Å². The molecule has 4 amide bonds. The third kappa shape index (κ3) is 17.4. The molecular weight excluding hydrogens is 690 g/mol. The molecule has 12 nitrogen and oxygen atoms in total. The van der Waals surface area contributed by atoms with Crippen LogP contribution in [-0.2, 0) is 23.7 Å². The number of amides is 4. The first-order valence-electron chi connectivity index (χ1n) is 19.6. The molecule has 6 atom stereocenters. The van der Waals surface area contributed by atoms with Crippen molar-refractivity contribution in [2.45, 2.75) is 152 Å². The van der Waals surface area contributed by atoms with Crippen molar-refractivity contribution in [1.82, 2.24) is 21.3 Å². The number of nitrogens with one attached hydrogen (secondary N) is 4. The van der Waals surface area contributed by atoms with Crippen LogP contribution in [0.3, 0.4) is 0 Å². The van der Waals surface area contributed by atoms with Crippen molar-refractivity contribution in [3.05, 3.63) is 0 Å². The first kappa shape index (κ1) is 46.3. The Labute approximate surface area is 316 Å². The molecule has 0 aliphatic heterocycles. The van der Waals surface area contributed by atoms with Gasteiger partial charge in [0, 0.05) is 31.1 Å². The highest BCUT2D eigenvalue weighted by Crippen LogP contribution is 2.47. The zero-order valence-corrected chi connectivity index (χ0v) is 34.1. The van der Waals surface area contributed by atoms with E-state index in [1.807, 2.05) is 20.8 Å². The third-order valence-electron chi connectivity index (χ3n) is 10.5. The Balaban J connectivity index is 1.83. The van der Waals surface area contributed by atoms with Gasteiger partial charge in [-0.15, -0.1) is 0 Å². The van der Waals surface area contributed by atoms with Gasteiger partial charge in [0.25, 0.3) is 0 Å². The molecule has 0 radical (unpaired) electrons. The zero-order valence-electron chi connectivity index (χ0n) is 34.1. The number of halogens is 2. The van der Waals surface area contributed by atoms with E-state index in [-0.39, 0.29) is 39.7 Å². The lowest BCUT2D eigenvalue weighted by molar-refractivity contribution is -0.262. The maximum atomic E-state index is 14.8. The third-order valence-corrected chi connectivity index (χ3v) is 10.5. The molecule has 2 aliphatic carbocycles. The molecule has 2 aliphatic rings. The van der Waals surface area contributed by atoms with Crippen molar-refractivity contribution in [2.75, 3.05) is 39.5 Å². The van der Waals surface area contributed by atoms with Crippen LogP contribution < -0.4 is 21.3 Å². The van der Waals surface area contributed by atoms with Crippen molar-refractivity contribution in [1.29, 1.82) is 0 Å². The molecule has 308 valence electrons. The lowest BCUT2D eigenvalue weighted by Crippen LogP contribution is -2.51. The lowest BCUT2D eigenvalue weighted by Gasteiger charge is -2.47. The number of ether oxygens (including phenoxy) is 4. The molecule has 6 unspecified atom stereocenters. The highest BCUT2D eigenvalue weighted by Gasteiger charge is 2.44. The van der Waals surface area contributed by atoms with Gasteiger partial charge in [0.15, 0.2) is 6.61 Å². The van der Waals surface area contributed by atoms with Crippen molar-refractivity contribution >= 4 is 24.2 Å². The number of alkyl halides is 2. The van der Waals surface area contributed by atoms with Crippen LogP contribution in [0.15, 0.2) is 0 Å². The summed E-state index contributed by atoms with van der Waals surface area (Å²) in [6.07, 6.45) is 1.93. The Kier molecular flexibility index (Phi) is 17.6. The van der Waals surface area contributed by atoms with E-state index in [0.29, 0.717) is 45.6 Å². The molecule has 0 heterocycles. The van der Waals surface area contributed by atoms with Gasteiger partial charge in [-0.3, -0.25) is 4.79 Å². The van der Waals surface area contributed by atoms with Crippen LogP contribution in [0.4, 0.5) is 23.2 Å². The molecule has 53 heavy (non-hydrogen) atoms. The molecular formula is C39H70F2N4O8. The van der Waals surface area contributed by atoms with E-state index >= 15 is 0 Å². The number of hydrogen-bond acceptors (Lipinski definition) is 8. The summed E-state index contributed by atoms with van der Waals surface area (Å²) in [5, 5.41) is 11.6. The summed E-state index contributed by atoms with van der Waals surface area (Å²) < 4.78 is 49.7. The maximum absolute atomic E-state index is 14.8. The topological polar surface area (TPSA) is 153 Å². The monoisotopic (exact) mass is 761 g/mol. The van der Waals surface area contributed by atoms with E-state index in [1.165, 1.54) is 0 Å². The molecule has 2 rings (SSSR count). The molecule has 0 bridgehead atoms. The Morgan fingerprint density at radius 3 is 1.60 bits per heavy atom. The summed E-state index contributed by atoms with van der Waals surface area (Å²) >= 11 is 0. The predicted molar refractivity (Wildman–Crippen MR) is 199 cm³/mol. The van der Waals surface area contributed by atoms with Crippen LogP contribution in [-0.4, -0.2) is 81.9 Å². The van der Waals surface area contributed by atoms with Crippen LogP contribution in [0.5, 0.6) is 0 Å². The van der Waals surface area contributed by atoms with Crippen LogP contribution in [0.25, 0.3) is 0 Å².